The highest BCUT2D eigenvalue weighted by Gasteiger charge is 2.36. The van der Waals surface area contributed by atoms with E-state index in [1.54, 1.807) is 22.0 Å². The van der Waals surface area contributed by atoms with Gasteiger partial charge in [-0.25, -0.2) is 4.98 Å². The summed E-state index contributed by atoms with van der Waals surface area (Å²) in [7, 11) is 1.82. The van der Waals surface area contributed by atoms with Crippen LogP contribution in [0.4, 0.5) is 5.69 Å². The molecule has 1 aliphatic rings. The summed E-state index contributed by atoms with van der Waals surface area (Å²) in [6.45, 7) is 11.0. The van der Waals surface area contributed by atoms with Crippen molar-refractivity contribution < 1.29 is 0 Å². The molecular formula is C28H34N6OS. The second-order valence-electron chi connectivity index (χ2n) is 9.64. The van der Waals surface area contributed by atoms with Crippen molar-refractivity contribution in [3.05, 3.63) is 51.9 Å². The van der Waals surface area contributed by atoms with E-state index < -0.39 is 0 Å². The van der Waals surface area contributed by atoms with E-state index in [1.807, 2.05) is 30.4 Å². The van der Waals surface area contributed by atoms with Gasteiger partial charge in [-0.2, -0.15) is 5.10 Å². The van der Waals surface area contributed by atoms with E-state index in [2.05, 4.69) is 65.6 Å². The van der Waals surface area contributed by atoms with Gasteiger partial charge in [0.1, 0.15) is 12.1 Å². The maximum absolute atomic E-state index is 13.0. The van der Waals surface area contributed by atoms with Gasteiger partial charge in [0.05, 0.1) is 33.1 Å². The molecular weight excluding hydrogens is 468 g/mol. The number of piperazine rings is 1. The SMILES string of the molecule is CC#CCn1cc2c(n1)c(N1C[C@@H](CC)N(C(C)c3ccc4scnc4c3)C[C@@H]1CC)cc(=O)n2C. The largest absolute Gasteiger partial charge is 0.364 e. The summed E-state index contributed by atoms with van der Waals surface area (Å²) in [4.78, 5) is 22.6. The number of benzene rings is 1. The lowest BCUT2D eigenvalue weighted by atomic mass is 9.96. The number of hydrogen-bond acceptors (Lipinski definition) is 6. The van der Waals surface area contributed by atoms with Gasteiger partial charge in [0.15, 0.2) is 0 Å². The first-order valence-corrected chi connectivity index (χ1v) is 13.6. The first-order valence-electron chi connectivity index (χ1n) is 12.8. The number of thiazole rings is 1. The summed E-state index contributed by atoms with van der Waals surface area (Å²) >= 11 is 1.69. The van der Waals surface area contributed by atoms with Crippen LogP contribution in [0.2, 0.25) is 0 Å². The molecule has 1 saturated heterocycles. The van der Waals surface area contributed by atoms with Gasteiger partial charge in [0, 0.05) is 44.3 Å². The van der Waals surface area contributed by atoms with E-state index in [-0.39, 0.29) is 17.6 Å². The highest BCUT2D eigenvalue weighted by Crippen LogP contribution is 2.35. The number of pyridine rings is 1. The maximum atomic E-state index is 13.0. The Morgan fingerprint density at radius 2 is 1.97 bits per heavy atom. The van der Waals surface area contributed by atoms with E-state index in [1.165, 1.54) is 10.3 Å². The molecule has 0 radical (unpaired) electrons. The molecule has 1 aliphatic heterocycles. The van der Waals surface area contributed by atoms with Crippen molar-refractivity contribution in [1.82, 2.24) is 24.2 Å². The fourth-order valence-electron chi connectivity index (χ4n) is 5.48. The van der Waals surface area contributed by atoms with E-state index in [0.29, 0.717) is 12.6 Å². The van der Waals surface area contributed by atoms with Gasteiger partial charge in [-0.15, -0.1) is 17.3 Å². The molecule has 1 aromatic carbocycles. The van der Waals surface area contributed by atoms with E-state index >= 15 is 0 Å². The van der Waals surface area contributed by atoms with Crippen LogP contribution in [0.25, 0.3) is 21.3 Å². The van der Waals surface area contributed by atoms with Crippen LogP contribution in [-0.2, 0) is 13.6 Å². The number of rotatable bonds is 6. The summed E-state index contributed by atoms with van der Waals surface area (Å²) in [6.07, 6.45) is 3.96. The lowest BCUT2D eigenvalue weighted by Crippen LogP contribution is -2.58. The topological polar surface area (TPSA) is 59.2 Å². The molecule has 1 fully saturated rings. The monoisotopic (exact) mass is 502 g/mol. The molecule has 0 spiro atoms. The zero-order valence-electron chi connectivity index (χ0n) is 21.7. The molecule has 36 heavy (non-hydrogen) atoms. The summed E-state index contributed by atoms with van der Waals surface area (Å²) in [5.74, 6) is 6.01. The van der Waals surface area contributed by atoms with Gasteiger partial charge in [-0.1, -0.05) is 25.8 Å². The fourth-order valence-corrected chi connectivity index (χ4v) is 6.14. The smallest absolute Gasteiger partial charge is 0.252 e. The van der Waals surface area contributed by atoms with Crippen LogP contribution in [-0.4, -0.2) is 49.4 Å². The minimum Gasteiger partial charge on any atom is -0.364 e. The van der Waals surface area contributed by atoms with Gasteiger partial charge in [-0.3, -0.25) is 14.4 Å². The van der Waals surface area contributed by atoms with Gasteiger partial charge in [0.2, 0.25) is 0 Å². The number of fused-ring (bicyclic) bond motifs is 2. The van der Waals surface area contributed by atoms with Crippen LogP contribution in [0, 0.1) is 11.8 Å². The summed E-state index contributed by atoms with van der Waals surface area (Å²) in [5.41, 5.74) is 6.97. The van der Waals surface area contributed by atoms with Crippen molar-refractivity contribution in [1.29, 1.82) is 0 Å². The third-order valence-electron chi connectivity index (χ3n) is 7.68. The molecule has 7 nitrogen and oxygen atoms in total. The Labute approximate surface area is 216 Å². The predicted octanol–water partition coefficient (Wildman–Crippen LogP) is 4.81. The van der Waals surface area contributed by atoms with Crippen molar-refractivity contribution in [3.63, 3.8) is 0 Å². The van der Waals surface area contributed by atoms with Gasteiger partial charge >= 0.3 is 0 Å². The second-order valence-corrected chi connectivity index (χ2v) is 10.5. The maximum Gasteiger partial charge on any atom is 0.252 e. The Bertz CT molecular complexity index is 1510. The molecule has 3 aromatic heterocycles. The summed E-state index contributed by atoms with van der Waals surface area (Å²) in [6, 6.07) is 9.40. The second kappa shape index (κ2) is 10.1. The first-order chi connectivity index (χ1) is 17.4. The molecule has 8 heteroatoms. The first kappa shape index (κ1) is 24.5. The fraction of sp³-hybridized carbons (Fsp3) is 0.464. The van der Waals surface area contributed by atoms with Crippen molar-refractivity contribution >= 4 is 38.3 Å². The van der Waals surface area contributed by atoms with Crippen LogP contribution in [0.5, 0.6) is 0 Å². The third kappa shape index (κ3) is 4.31. The van der Waals surface area contributed by atoms with E-state index in [9.17, 15) is 4.79 Å². The molecule has 5 rings (SSSR count). The molecule has 3 atom stereocenters. The average Bonchev–Trinajstić information content (AvgIpc) is 3.55. The van der Waals surface area contributed by atoms with Crippen LogP contribution in [0.3, 0.4) is 0 Å². The number of aromatic nitrogens is 4. The Kier molecular flexibility index (Phi) is 6.87. The summed E-state index contributed by atoms with van der Waals surface area (Å²) < 4.78 is 4.76. The molecule has 0 amide bonds. The lowest BCUT2D eigenvalue weighted by Gasteiger charge is -2.49. The molecule has 0 bridgehead atoms. The predicted molar refractivity (Wildman–Crippen MR) is 149 cm³/mol. The minimum atomic E-state index is -0.00566. The summed E-state index contributed by atoms with van der Waals surface area (Å²) in [5, 5.41) is 4.87. The molecule has 188 valence electrons. The lowest BCUT2D eigenvalue weighted by molar-refractivity contribution is 0.101. The molecule has 1 unspecified atom stereocenters. The van der Waals surface area contributed by atoms with Crippen molar-refractivity contribution in [2.75, 3.05) is 18.0 Å². The number of nitrogens with zero attached hydrogens (tertiary/aromatic N) is 6. The Morgan fingerprint density at radius 3 is 2.72 bits per heavy atom. The van der Waals surface area contributed by atoms with Crippen molar-refractivity contribution in [2.45, 2.75) is 65.2 Å². The van der Waals surface area contributed by atoms with Crippen LogP contribution >= 0.6 is 11.3 Å². The number of hydrogen-bond donors (Lipinski definition) is 0. The van der Waals surface area contributed by atoms with Crippen molar-refractivity contribution in [2.24, 2.45) is 7.05 Å². The molecule has 0 saturated carbocycles. The van der Waals surface area contributed by atoms with Gasteiger partial charge in [-0.05, 0) is 44.4 Å². The highest BCUT2D eigenvalue weighted by molar-refractivity contribution is 7.16. The van der Waals surface area contributed by atoms with Crippen LogP contribution in [0.1, 0.15) is 52.1 Å². The minimum absolute atomic E-state index is 0.00566. The third-order valence-corrected chi connectivity index (χ3v) is 8.49. The molecule has 0 aliphatic carbocycles. The number of anilines is 1. The van der Waals surface area contributed by atoms with Gasteiger partial charge < -0.3 is 9.47 Å². The van der Waals surface area contributed by atoms with Crippen LogP contribution < -0.4 is 10.5 Å². The number of aryl methyl sites for hydroxylation is 1. The molecule has 4 aromatic rings. The quantitative estimate of drug-likeness (QED) is 0.354. The van der Waals surface area contributed by atoms with E-state index in [4.69, 9.17) is 5.10 Å². The molecule has 0 N–H and O–H groups in total. The Hall–Kier alpha value is -3.15. The van der Waals surface area contributed by atoms with Gasteiger partial charge in [0.25, 0.3) is 5.56 Å². The Balaban J connectivity index is 1.50. The zero-order chi connectivity index (χ0) is 25.4. The zero-order valence-corrected chi connectivity index (χ0v) is 22.5. The standard InChI is InChI=1S/C28H34N6OS/c1-6-9-12-32-17-25-28(30-32)24(14-27(35)31(25)5)34-16-21(7-2)33(15-22(34)8-3)19(4)20-10-11-26-23(13-20)29-18-36-26/h10-11,13-14,17-19,21-22H,7-8,12,15-16H2,1-5H3/t19?,21-,22+/m1/s1. The average molecular weight is 503 g/mol. The van der Waals surface area contributed by atoms with Crippen LogP contribution in [0.15, 0.2) is 40.8 Å². The Morgan fingerprint density at radius 1 is 1.17 bits per heavy atom. The van der Waals surface area contributed by atoms with Crippen molar-refractivity contribution in [3.8, 4) is 11.8 Å². The molecule has 4 heterocycles. The normalized spacial score (nSPS) is 19.5. The van der Waals surface area contributed by atoms with E-state index in [0.717, 1.165) is 48.2 Å². The highest BCUT2D eigenvalue weighted by atomic mass is 32.1.